The number of amides is 1. The largest absolute Gasteiger partial charge is 0.507 e. The number of sulfone groups is 1. The summed E-state index contributed by atoms with van der Waals surface area (Å²) >= 11 is 0. The number of nitrogens with zero attached hydrogens (tertiary/aromatic N) is 6. The van der Waals surface area contributed by atoms with E-state index in [9.17, 15) is 27.5 Å². The summed E-state index contributed by atoms with van der Waals surface area (Å²) in [6, 6.07) is 5.40. The summed E-state index contributed by atoms with van der Waals surface area (Å²) in [5.41, 5.74) is -2.38. The normalized spacial score (nSPS) is 17.5. The molecule has 1 saturated heterocycles. The maximum Gasteiger partial charge on any atom is 0.355 e. The molecule has 0 unspecified atom stereocenters. The van der Waals surface area contributed by atoms with E-state index in [1.54, 1.807) is 9.80 Å². The third-order valence-electron chi connectivity index (χ3n) is 8.22. The monoisotopic (exact) mass is 622 g/mol. The van der Waals surface area contributed by atoms with Gasteiger partial charge in [-0.05, 0) is 50.1 Å². The first-order valence-electron chi connectivity index (χ1n) is 14.0. The number of carbonyl (C=O) groups excluding carboxylic acids is 1. The van der Waals surface area contributed by atoms with Gasteiger partial charge in [0.15, 0.2) is 21.3 Å². The van der Waals surface area contributed by atoms with Crippen molar-refractivity contribution in [2.45, 2.75) is 42.4 Å². The molecule has 0 spiro atoms. The number of piperazine rings is 1. The molecule has 1 N–H and O–H groups in total. The average molecular weight is 623 g/mol. The number of phenolic OH excluding ortho intramolecular Hbond substituents is 1. The summed E-state index contributed by atoms with van der Waals surface area (Å²) in [5.74, 6) is -2.74. The number of pyridine rings is 2. The molecule has 4 aromatic rings. The predicted octanol–water partition coefficient (Wildman–Crippen LogP) is 3.38. The lowest BCUT2D eigenvalue weighted by Gasteiger charge is -2.40. The van der Waals surface area contributed by atoms with Crippen molar-refractivity contribution in [3.05, 3.63) is 77.5 Å². The van der Waals surface area contributed by atoms with E-state index < -0.39 is 49.4 Å². The van der Waals surface area contributed by atoms with Crippen LogP contribution in [0.1, 0.15) is 26.2 Å². The molecule has 3 aromatic heterocycles. The summed E-state index contributed by atoms with van der Waals surface area (Å²) in [7, 11) is -3.89. The van der Waals surface area contributed by atoms with Gasteiger partial charge in [0.1, 0.15) is 23.1 Å². The molecule has 1 atom stereocenters. The van der Waals surface area contributed by atoms with Crippen molar-refractivity contribution < 1.29 is 27.1 Å². The van der Waals surface area contributed by atoms with Crippen molar-refractivity contribution in [3.63, 3.8) is 0 Å². The summed E-state index contributed by atoms with van der Waals surface area (Å²) in [4.78, 5) is 42.0. The van der Waals surface area contributed by atoms with E-state index >= 15 is 4.39 Å². The first-order chi connectivity index (χ1) is 21.0. The molecular formula is C30H28F2N6O5S. The Morgan fingerprint density at radius 2 is 1.91 bits per heavy atom. The van der Waals surface area contributed by atoms with Crippen LogP contribution in [0.5, 0.6) is 5.75 Å². The Bertz CT molecular complexity index is 1980. The molecule has 1 aliphatic heterocycles. The summed E-state index contributed by atoms with van der Waals surface area (Å²) in [6.45, 7) is 6.10. The van der Waals surface area contributed by atoms with Crippen molar-refractivity contribution in [1.82, 2.24) is 24.4 Å². The number of hydrogen-bond donors (Lipinski definition) is 1. The Kier molecular flexibility index (Phi) is 7.40. The zero-order valence-corrected chi connectivity index (χ0v) is 24.5. The van der Waals surface area contributed by atoms with E-state index in [-0.39, 0.29) is 59.0 Å². The van der Waals surface area contributed by atoms with Gasteiger partial charge >= 0.3 is 5.69 Å². The highest BCUT2D eigenvalue weighted by Gasteiger charge is 2.36. The molecule has 11 nitrogen and oxygen atoms in total. The maximum atomic E-state index is 15.8. The lowest BCUT2D eigenvalue weighted by molar-refractivity contribution is -0.126. The van der Waals surface area contributed by atoms with Gasteiger partial charge in [0.2, 0.25) is 5.91 Å². The van der Waals surface area contributed by atoms with Gasteiger partial charge in [-0.2, -0.15) is 4.98 Å². The molecule has 1 aromatic carbocycles. The molecule has 44 heavy (non-hydrogen) atoms. The van der Waals surface area contributed by atoms with Gasteiger partial charge in [-0.25, -0.2) is 31.5 Å². The Labute approximate surface area is 251 Å². The third kappa shape index (κ3) is 4.78. The number of hydrogen-bond acceptors (Lipinski definition) is 9. The fraction of sp³-hybridized carbons (Fsp3) is 0.300. The molecule has 1 amide bonds. The van der Waals surface area contributed by atoms with Crippen LogP contribution in [0.4, 0.5) is 14.6 Å². The van der Waals surface area contributed by atoms with Crippen LogP contribution < -0.4 is 10.6 Å². The smallest absolute Gasteiger partial charge is 0.355 e. The zero-order chi connectivity index (χ0) is 31.3. The van der Waals surface area contributed by atoms with E-state index in [0.717, 1.165) is 23.1 Å². The Morgan fingerprint density at radius 3 is 2.57 bits per heavy atom. The number of carbonyl (C=O) groups is 1. The first kappa shape index (κ1) is 29.4. The molecule has 2 aliphatic rings. The van der Waals surface area contributed by atoms with E-state index in [2.05, 4.69) is 21.5 Å². The van der Waals surface area contributed by atoms with Crippen molar-refractivity contribution in [2.24, 2.45) is 0 Å². The lowest BCUT2D eigenvalue weighted by atomic mass is 10.00. The minimum absolute atomic E-state index is 0.0351. The number of aromatic hydroxyl groups is 1. The van der Waals surface area contributed by atoms with Crippen molar-refractivity contribution in [3.8, 4) is 22.7 Å². The number of benzene rings is 1. The molecule has 2 fully saturated rings. The second-order valence-corrected chi connectivity index (χ2v) is 13.0. The zero-order valence-electron chi connectivity index (χ0n) is 23.7. The lowest BCUT2D eigenvalue weighted by Crippen LogP contribution is -2.54. The Balaban J connectivity index is 1.63. The summed E-state index contributed by atoms with van der Waals surface area (Å²) < 4.78 is 58.9. The van der Waals surface area contributed by atoms with E-state index in [0.29, 0.717) is 12.8 Å². The van der Waals surface area contributed by atoms with Gasteiger partial charge in [-0.1, -0.05) is 19.1 Å². The molecule has 4 heterocycles. The average Bonchev–Trinajstić information content (AvgIpc) is 2.96. The van der Waals surface area contributed by atoms with Crippen LogP contribution in [0, 0.1) is 11.6 Å². The fourth-order valence-electron chi connectivity index (χ4n) is 5.71. The van der Waals surface area contributed by atoms with Crippen LogP contribution in [-0.2, 0) is 14.6 Å². The highest BCUT2D eigenvalue weighted by Crippen LogP contribution is 2.37. The topological polar surface area (TPSA) is 139 Å². The number of fused-ring (bicyclic) bond motifs is 1. The second kappa shape index (κ2) is 11.1. The van der Waals surface area contributed by atoms with Gasteiger partial charge in [-0.3, -0.25) is 9.78 Å². The van der Waals surface area contributed by atoms with Crippen molar-refractivity contribution >= 4 is 32.6 Å². The number of halogens is 2. The van der Waals surface area contributed by atoms with E-state index in [1.807, 2.05) is 6.92 Å². The highest BCUT2D eigenvalue weighted by molar-refractivity contribution is 7.92. The molecule has 6 rings (SSSR count). The number of phenols is 1. The Hall–Kier alpha value is -4.72. The quantitative estimate of drug-likeness (QED) is 0.321. The van der Waals surface area contributed by atoms with Crippen LogP contribution in [0.3, 0.4) is 0 Å². The van der Waals surface area contributed by atoms with Crippen LogP contribution >= 0.6 is 0 Å². The summed E-state index contributed by atoms with van der Waals surface area (Å²) in [5, 5.41) is 9.85. The van der Waals surface area contributed by atoms with Crippen LogP contribution in [0.25, 0.3) is 28.0 Å². The predicted molar refractivity (Wildman–Crippen MR) is 158 cm³/mol. The highest BCUT2D eigenvalue weighted by atomic mass is 32.2. The van der Waals surface area contributed by atoms with Gasteiger partial charge in [-0.15, -0.1) is 0 Å². The Morgan fingerprint density at radius 1 is 1.14 bits per heavy atom. The SMILES string of the molecule is C=CC(=O)N1CCN(c2nc(=O)n(-c3cnccc3S(=O)(=O)C3CCC3)c3nc(-c4c(O)cccc4F)c(F)cc23)[C@@H](C)C1. The maximum absolute atomic E-state index is 15.8. The molecule has 14 heteroatoms. The molecule has 1 saturated carbocycles. The molecule has 0 bridgehead atoms. The minimum Gasteiger partial charge on any atom is -0.507 e. The van der Waals surface area contributed by atoms with Crippen molar-refractivity contribution in [1.29, 1.82) is 0 Å². The number of anilines is 1. The molecular weight excluding hydrogens is 594 g/mol. The van der Waals surface area contributed by atoms with Crippen LogP contribution in [0.15, 0.2) is 65.1 Å². The second-order valence-electron chi connectivity index (χ2n) is 10.8. The third-order valence-corrected chi connectivity index (χ3v) is 10.5. The van der Waals surface area contributed by atoms with E-state index in [1.165, 1.54) is 36.7 Å². The van der Waals surface area contributed by atoms with Crippen LogP contribution in [-0.4, -0.2) is 74.8 Å². The molecule has 1 aliphatic carbocycles. The molecule has 228 valence electrons. The van der Waals surface area contributed by atoms with Gasteiger partial charge in [0, 0.05) is 31.9 Å². The van der Waals surface area contributed by atoms with Gasteiger partial charge in [0.25, 0.3) is 0 Å². The number of aromatic nitrogens is 4. The van der Waals surface area contributed by atoms with Crippen LogP contribution in [0.2, 0.25) is 0 Å². The van der Waals surface area contributed by atoms with Gasteiger partial charge < -0.3 is 14.9 Å². The minimum atomic E-state index is -3.89. The summed E-state index contributed by atoms with van der Waals surface area (Å²) in [6.07, 6.45) is 5.39. The molecule has 0 radical (unpaired) electrons. The number of rotatable bonds is 6. The first-order valence-corrected chi connectivity index (χ1v) is 15.5. The standard InChI is InChI=1S/C30H28F2N6O5S/c1-3-25(40)36-12-13-37(17(2)16-36)28-19-14-21(32)27(26-20(31)8-5-9-23(26)39)34-29(19)38(30(41)35-28)22-15-33-11-10-24(22)44(42,43)18-6-4-7-18/h3,5,8-11,14-15,17-18,39H,1,4,6-7,12-13,16H2,2H3/t17-/m0/s1. The van der Waals surface area contributed by atoms with Gasteiger partial charge in [0.05, 0.1) is 33.0 Å². The fourth-order valence-corrected chi connectivity index (χ4v) is 7.71. The van der Waals surface area contributed by atoms with Crippen molar-refractivity contribution in [2.75, 3.05) is 24.5 Å². The van der Waals surface area contributed by atoms with E-state index in [4.69, 9.17) is 0 Å².